The van der Waals surface area contributed by atoms with Gasteiger partial charge < -0.3 is 45.3 Å². The third-order valence-corrected chi connectivity index (χ3v) is 48.5. The van der Waals surface area contributed by atoms with Gasteiger partial charge in [0.25, 0.3) is 0 Å². The van der Waals surface area contributed by atoms with Crippen molar-refractivity contribution >= 4 is 102 Å². The van der Waals surface area contributed by atoms with Crippen molar-refractivity contribution in [1.29, 1.82) is 0 Å². The van der Waals surface area contributed by atoms with Crippen LogP contribution >= 0.6 is 0 Å². The van der Waals surface area contributed by atoms with Crippen LogP contribution in [0, 0.1) is 0 Å². The van der Waals surface area contributed by atoms with Gasteiger partial charge in [-0.05, 0) is 66.5 Å². The van der Waals surface area contributed by atoms with Crippen molar-refractivity contribution in [2.45, 2.75) is 284 Å². The fraction of sp³-hybridized carbons (Fsp3) is 1.00. The van der Waals surface area contributed by atoms with E-state index in [-0.39, 0.29) is 0 Å². The van der Waals surface area contributed by atoms with Gasteiger partial charge >= 0.3 is 102 Å². The molecule has 0 aromatic heterocycles. The third kappa shape index (κ3) is 34.4. The van der Waals surface area contributed by atoms with Crippen molar-refractivity contribution in [3.05, 3.63) is 0 Å². The lowest BCUT2D eigenvalue weighted by atomic mass is 10.4. The minimum atomic E-state index is -2.11. The van der Waals surface area contributed by atoms with Crippen LogP contribution in [0.25, 0.3) is 0 Å². The van der Waals surface area contributed by atoms with Gasteiger partial charge in [-0.3, -0.25) is 0 Å². The SMILES string of the molecule is CCCC[SiH]1O[SiH](CCCC)O[SiH](CCCC)O[SiH](CCCC)O[SiH](CCCC)O[SiH](CCCC)O[SiH](CCCC)O[SiH](CCCC)O[SiH](CCCC)O[SiH](CCCC)O[SiH](CCCC)O1. The lowest BCUT2D eigenvalue weighted by molar-refractivity contribution is 0.279. The molecule has 0 N–H and O–H groups in total. The van der Waals surface area contributed by atoms with Gasteiger partial charge in [0, 0.05) is 0 Å². The van der Waals surface area contributed by atoms with Crippen molar-refractivity contribution in [3.8, 4) is 0 Å². The Morgan fingerprint density at radius 2 is 0.227 bits per heavy atom. The predicted octanol–water partition coefficient (Wildman–Crippen LogP) is 11.4. The Labute approximate surface area is 428 Å². The fourth-order valence-corrected chi connectivity index (χ4v) is 52.0. The first-order valence-corrected chi connectivity index (χ1v) is 47.8. The summed E-state index contributed by atoms with van der Waals surface area (Å²) in [6.45, 7) is 25.2. The summed E-state index contributed by atoms with van der Waals surface area (Å²) in [6.07, 6.45) is 24.7. The second-order valence-corrected chi connectivity index (χ2v) is 46.6. The smallest absolute Gasteiger partial charge is 0.303 e. The average molecular weight is 1120 g/mol. The highest BCUT2D eigenvalue weighted by Gasteiger charge is 2.36. The normalized spacial score (nSPS) is 28.5. The molecule has 0 amide bonds. The molecule has 1 fully saturated rings. The molecule has 11 nitrogen and oxygen atoms in total. The van der Waals surface area contributed by atoms with Crippen LogP contribution in [0.3, 0.4) is 0 Å². The molecule has 0 radical (unpaired) electrons. The number of unbranched alkanes of at least 4 members (excludes halogenated alkanes) is 11. The van der Waals surface area contributed by atoms with Crippen LogP contribution in [0.1, 0.15) is 217 Å². The van der Waals surface area contributed by atoms with Gasteiger partial charge in [-0.2, -0.15) is 0 Å². The highest BCUT2D eigenvalue weighted by atomic mass is 28.5. The molecule has 1 heterocycles. The largest absolute Gasteiger partial charge is 0.420 e. The second-order valence-electron chi connectivity index (χ2n) is 18.8. The first-order chi connectivity index (χ1) is 32.3. The first kappa shape index (κ1) is 66.0. The van der Waals surface area contributed by atoms with Crippen LogP contribution < -0.4 is 0 Å². The molecule has 22 heteroatoms. The Morgan fingerprint density at radius 3 is 0.288 bits per heavy atom. The molecule has 0 atom stereocenters. The van der Waals surface area contributed by atoms with E-state index in [9.17, 15) is 0 Å². The standard InChI is InChI=1S/C44H110O11Si11/c1-12-23-34-56-45-57(35-24-13-2)47-59(37-26-15-4)49-61(39-28-17-6)51-63(41-30-19-8)53-65(43-32-21-10)55-66(44-33-22-11)54-64(42-31-20-9)52-62(40-29-18-7)50-60(38-27-16-5)48-58(46-56)36-25-14-3/h56-66H,12-44H2,1-11H3. The van der Waals surface area contributed by atoms with Crippen molar-refractivity contribution in [1.82, 2.24) is 0 Å². The number of hydrogen-bond donors (Lipinski definition) is 0. The Hall–Kier alpha value is 1.95. The van der Waals surface area contributed by atoms with Gasteiger partial charge in [-0.1, -0.05) is 217 Å². The summed E-state index contributed by atoms with van der Waals surface area (Å²) in [5.41, 5.74) is 0. The first-order valence-electron chi connectivity index (χ1n) is 28.5. The molecule has 66 heavy (non-hydrogen) atoms. The van der Waals surface area contributed by atoms with Crippen molar-refractivity contribution in [2.75, 3.05) is 0 Å². The molecule has 0 bridgehead atoms. The molecule has 0 spiro atoms. The van der Waals surface area contributed by atoms with Gasteiger partial charge in [0.15, 0.2) is 0 Å². The summed E-state index contributed by atoms with van der Waals surface area (Å²) in [5, 5.41) is 0. The lowest BCUT2D eigenvalue weighted by Crippen LogP contribution is -2.48. The van der Waals surface area contributed by atoms with Crippen LogP contribution in [-0.2, 0) is 45.3 Å². The second kappa shape index (κ2) is 46.7. The van der Waals surface area contributed by atoms with E-state index in [1.807, 2.05) is 0 Å². The van der Waals surface area contributed by atoms with Gasteiger partial charge in [0.05, 0.1) is 0 Å². The molecule has 1 aliphatic heterocycles. The van der Waals surface area contributed by atoms with E-state index in [0.29, 0.717) is 0 Å². The van der Waals surface area contributed by atoms with Crippen LogP contribution in [-0.4, -0.2) is 102 Å². The van der Waals surface area contributed by atoms with Crippen molar-refractivity contribution < 1.29 is 45.3 Å². The summed E-state index contributed by atoms with van der Waals surface area (Å²) in [7, 11) is -23.2. The van der Waals surface area contributed by atoms with E-state index < -0.39 is 102 Å². The Kier molecular flexibility index (Phi) is 46.7. The summed E-state index contributed by atoms with van der Waals surface area (Å²) >= 11 is 0. The van der Waals surface area contributed by atoms with Gasteiger partial charge in [0.1, 0.15) is 0 Å². The minimum Gasteiger partial charge on any atom is -0.420 e. The van der Waals surface area contributed by atoms with E-state index in [4.69, 9.17) is 45.3 Å². The van der Waals surface area contributed by atoms with Crippen molar-refractivity contribution in [2.24, 2.45) is 0 Å². The maximum atomic E-state index is 7.35. The monoisotopic (exact) mass is 1120 g/mol. The molecule has 1 rings (SSSR count). The zero-order valence-electron chi connectivity index (χ0n) is 45.2. The van der Waals surface area contributed by atoms with E-state index in [2.05, 4.69) is 76.2 Å². The fourth-order valence-electron chi connectivity index (χ4n) is 7.79. The molecule has 0 aromatic rings. The van der Waals surface area contributed by atoms with Crippen LogP contribution in [0.15, 0.2) is 0 Å². The zero-order chi connectivity index (χ0) is 48.5. The van der Waals surface area contributed by atoms with Crippen LogP contribution in [0.2, 0.25) is 66.5 Å². The highest BCUT2D eigenvalue weighted by Crippen LogP contribution is 2.24. The molecule has 396 valence electrons. The van der Waals surface area contributed by atoms with Crippen LogP contribution in [0.5, 0.6) is 0 Å². The topological polar surface area (TPSA) is 102 Å². The quantitative estimate of drug-likeness (QED) is 0.0587. The lowest BCUT2D eigenvalue weighted by Gasteiger charge is -2.34. The van der Waals surface area contributed by atoms with Gasteiger partial charge in [-0.25, -0.2) is 0 Å². The Bertz CT molecular complexity index is 759. The number of hydrogen-bond acceptors (Lipinski definition) is 11. The highest BCUT2D eigenvalue weighted by molar-refractivity contribution is 6.75. The summed E-state index contributed by atoms with van der Waals surface area (Å²) < 4.78 is 80.9. The minimum absolute atomic E-state index is 1.00. The maximum Gasteiger partial charge on any atom is 0.303 e. The Morgan fingerprint density at radius 1 is 0.152 bits per heavy atom. The molecule has 0 aliphatic carbocycles. The average Bonchev–Trinajstić information content (AvgIpc) is 3.31. The predicted molar refractivity (Wildman–Crippen MR) is 307 cm³/mol. The maximum absolute atomic E-state index is 7.35. The Balaban J connectivity index is 4.03. The molecule has 1 saturated heterocycles. The summed E-state index contributed by atoms with van der Waals surface area (Å²) in [5.74, 6) is 0. The zero-order valence-corrected chi connectivity index (χ0v) is 57.9. The summed E-state index contributed by atoms with van der Waals surface area (Å²) in [4.78, 5) is 0. The van der Waals surface area contributed by atoms with E-state index >= 15 is 0 Å². The van der Waals surface area contributed by atoms with Gasteiger partial charge in [-0.15, -0.1) is 0 Å². The molecule has 0 saturated carbocycles. The number of rotatable bonds is 33. The van der Waals surface area contributed by atoms with Gasteiger partial charge in [0.2, 0.25) is 0 Å². The molecular formula is C44H110O11Si11. The van der Waals surface area contributed by atoms with Crippen molar-refractivity contribution in [3.63, 3.8) is 0 Å². The molecule has 0 unspecified atom stereocenters. The molecular weight excluding hydrogens is 1010 g/mol. The molecule has 1 aliphatic rings. The third-order valence-electron chi connectivity index (χ3n) is 12.1. The summed E-state index contributed by atoms with van der Waals surface area (Å²) in [6, 6.07) is 11.1. The van der Waals surface area contributed by atoms with E-state index in [1.54, 1.807) is 0 Å². The van der Waals surface area contributed by atoms with E-state index in [0.717, 1.165) is 208 Å². The van der Waals surface area contributed by atoms with Crippen LogP contribution in [0.4, 0.5) is 0 Å². The van der Waals surface area contributed by atoms with E-state index in [1.165, 1.54) is 0 Å². The molecule has 0 aromatic carbocycles.